The number of carbonyl (C=O) groups is 4. The molecule has 0 N–H and O–H groups in total. The van der Waals surface area contributed by atoms with Crippen molar-refractivity contribution in [3.8, 4) is 5.69 Å². The fourth-order valence-corrected chi connectivity index (χ4v) is 3.10. The molecule has 2 aromatic rings. The van der Waals surface area contributed by atoms with Crippen molar-refractivity contribution in [3.63, 3.8) is 0 Å². The molecule has 1 aromatic heterocycles. The maximum atomic E-state index is 12.6. The third-order valence-corrected chi connectivity index (χ3v) is 4.54. The van der Waals surface area contributed by atoms with Crippen LogP contribution >= 0.6 is 0 Å². The maximum Gasteiger partial charge on any atom is 0.337 e. The molecule has 0 saturated carbocycles. The van der Waals surface area contributed by atoms with Crippen LogP contribution in [0.5, 0.6) is 0 Å². The summed E-state index contributed by atoms with van der Waals surface area (Å²) in [6.45, 7) is 4.94. The molecule has 0 radical (unpaired) electrons. The second-order valence-electron chi connectivity index (χ2n) is 6.59. The third-order valence-electron chi connectivity index (χ3n) is 4.54. The van der Waals surface area contributed by atoms with Crippen molar-refractivity contribution in [1.29, 1.82) is 0 Å². The smallest absolute Gasteiger partial charge is 0.337 e. The van der Waals surface area contributed by atoms with Gasteiger partial charge in [0.2, 0.25) is 5.78 Å². The van der Waals surface area contributed by atoms with Crippen LogP contribution in [0.25, 0.3) is 5.69 Å². The second-order valence-corrected chi connectivity index (χ2v) is 6.59. The number of hydrogen-bond donors (Lipinski definition) is 0. The van der Waals surface area contributed by atoms with Crippen LogP contribution in [0.15, 0.2) is 24.3 Å². The lowest BCUT2D eigenvalue weighted by molar-refractivity contribution is -0.147. The Labute approximate surface area is 179 Å². The Kier molecular flexibility index (Phi) is 8.09. The number of aromatic nitrogens is 1. The van der Waals surface area contributed by atoms with Gasteiger partial charge in [0.15, 0.2) is 6.61 Å². The van der Waals surface area contributed by atoms with E-state index in [4.69, 9.17) is 18.9 Å². The van der Waals surface area contributed by atoms with Gasteiger partial charge in [-0.1, -0.05) is 0 Å². The zero-order valence-corrected chi connectivity index (χ0v) is 18.1. The highest BCUT2D eigenvalue weighted by atomic mass is 16.6. The molecule has 0 aliphatic heterocycles. The molecule has 1 aromatic carbocycles. The van der Waals surface area contributed by atoms with Gasteiger partial charge in [0.1, 0.15) is 6.61 Å². The van der Waals surface area contributed by atoms with Crippen LogP contribution < -0.4 is 0 Å². The van der Waals surface area contributed by atoms with E-state index in [0.717, 1.165) is 0 Å². The lowest BCUT2D eigenvalue weighted by Gasteiger charge is -2.13. The van der Waals surface area contributed by atoms with E-state index in [1.807, 2.05) is 0 Å². The van der Waals surface area contributed by atoms with Crippen molar-refractivity contribution < 1.29 is 38.1 Å². The Morgan fingerprint density at radius 1 is 0.871 bits per heavy atom. The number of ketones is 1. The lowest BCUT2D eigenvalue weighted by atomic mass is 10.1. The summed E-state index contributed by atoms with van der Waals surface area (Å²) in [5.41, 5.74) is 2.38. The first-order valence-electron chi connectivity index (χ1n) is 9.51. The van der Waals surface area contributed by atoms with Crippen LogP contribution in [0.4, 0.5) is 0 Å². The summed E-state index contributed by atoms with van der Waals surface area (Å²) in [6, 6.07) is 6.12. The lowest BCUT2D eigenvalue weighted by Crippen LogP contribution is -2.18. The van der Waals surface area contributed by atoms with Crippen LogP contribution in [0.1, 0.15) is 49.4 Å². The number of nitrogens with zero attached hydrogens (tertiary/aromatic N) is 1. The van der Waals surface area contributed by atoms with Crippen LogP contribution in [0.2, 0.25) is 0 Å². The third kappa shape index (κ3) is 5.58. The molecule has 0 bridgehead atoms. The van der Waals surface area contributed by atoms with E-state index in [9.17, 15) is 19.2 Å². The topological polar surface area (TPSA) is 110 Å². The molecule has 0 aliphatic rings. The van der Waals surface area contributed by atoms with E-state index in [1.54, 1.807) is 43.5 Å². The number of hydrogen-bond acceptors (Lipinski definition) is 8. The fraction of sp³-hybridized carbons (Fsp3) is 0.364. The Hall–Kier alpha value is -3.46. The molecule has 2 rings (SSSR count). The highest BCUT2D eigenvalue weighted by molar-refractivity contribution is 6.00. The van der Waals surface area contributed by atoms with Crippen LogP contribution in [0.3, 0.4) is 0 Å². The second kappa shape index (κ2) is 10.5. The molecular formula is C22H25NO8. The SMILES string of the molecule is CCOCC(=O)OCC(=O)c1cc(C)n(-c2cc(C(=O)OC)cc(C(=O)OC)c2)c1C. The summed E-state index contributed by atoms with van der Waals surface area (Å²) >= 11 is 0. The predicted octanol–water partition coefficient (Wildman–Crippen LogP) is 2.43. The van der Waals surface area contributed by atoms with Crippen molar-refractivity contribution in [2.75, 3.05) is 34.0 Å². The highest BCUT2D eigenvalue weighted by Crippen LogP contribution is 2.24. The van der Waals surface area contributed by atoms with Gasteiger partial charge in [-0.25, -0.2) is 14.4 Å². The molecule has 0 spiro atoms. The van der Waals surface area contributed by atoms with E-state index in [1.165, 1.54) is 20.3 Å². The van der Waals surface area contributed by atoms with Crippen molar-refractivity contribution in [2.24, 2.45) is 0 Å². The molecule has 1 heterocycles. The number of esters is 3. The molecule has 0 aliphatic carbocycles. The minimum atomic E-state index is -0.627. The average Bonchev–Trinajstić information content (AvgIpc) is 3.08. The van der Waals surface area contributed by atoms with Crippen LogP contribution in [-0.4, -0.2) is 62.3 Å². The molecule has 9 heteroatoms. The number of carbonyl (C=O) groups excluding carboxylic acids is 4. The summed E-state index contributed by atoms with van der Waals surface area (Å²) in [5.74, 6) is -2.25. The summed E-state index contributed by atoms with van der Waals surface area (Å²) in [4.78, 5) is 48.3. The fourth-order valence-electron chi connectivity index (χ4n) is 3.10. The first kappa shape index (κ1) is 23.8. The normalized spacial score (nSPS) is 10.5. The Bertz CT molecular complexity index is 971. The predicted molar refractivity (Wildman–Crippen MR) is 110 cm³/mol. The Morgan fingerprint density at radius 3 is 1.97 bits per heavy atom. The van der Waals surface area contributed by atoms with Gasteiger partial charge in [-0.3, -0.25) is 4.79 Å². The van der Waals surface area contributed by atoms with E-state index >= 15 is 0 Å². The van der Waals surface area contributed by atoms with Gasteiger partial charge < -0.3 is 23.5 Å². The Balaban J connectivity index is 2.41. The van der Waals surface area contributed by atoms with Crippen LogP contribution in [0, 0.1) is 13.8 Å². The summed E-state index contributed by atoms with van der Waals surface area (Å²) < 4.78 is 21.2. The minimum Gasteiger partial charge on any atom is -0.465 e. The van der Waals surface area contributed by atoms with Gasteiger partial charge in [0, 0.05) is 29.2 Å². The molecular weight excluding hydrogens is 406 g/mol. The average molecular weight is 431 g/mol. The standard InChI is InChI=1S/C22H25NO8/c1-6-30-12-20(25)31-11-19(24)18-7-13(2)23(14(18)3)17-9-15(21(26)28-4)8-16(10-17)22(27)29-5/h7-10H,6,11-12H2,1-5H3. The van der Waals surface area contributed by atoms with Gasteiger partial charge in [-0.2, -0.15) is 0 Å². The molecule has 9 nitrogen and oxygen atoms in total. The molecule has 166 valence electrons. The number of benzene rings is 1. The maximum absolute atomic E-state index is 12.6. The Morgan fingerprint density at radius 2 is 1.45 bits per heavy atom. The van der Waals surface area contributed by atoms with Gasteiger partial charge in [0.25, 0.3) is 0 Å². The van der Waals surface area contributed by atoms with Gasteiger partial charge in [-0.05, 0) is 45.0 Å². The van der Waals surface area contributed by atoms with Crippen molar-refractivity contribution >= 4 is 23.7 Å². The zero-order valence-electron chi connectivity index (χ0n) is 18.1. The van der Waals surface area contributed by atoms with E-state index in [2.05, 4.69) is 0 Å². The quantitative estimate of drug-likeness (QED) is 0.338. The van der Waals surface area contributed by atoms with Gasteiger partial charge >= 0.3 is 17.9 Å². The first-order valence-corrected chi connectivity index (χ1v) is 9.51. The van der Waals surface area contributed by atoms with Crippen molar-refractivity contribution in [3.05, 3.63) is 52.3 Å². The highest BCUT2D eigenvalue weighted by Gasteiger charge is 2.21. The molecule has 0 fully saturated rings. The monoisotopic (exact) mass is 431 g/mol. The molecule has 0 unspecified atom stereocenters. The summed E-state index contributed by atoms with van der Waals surface area (Å²) in [5, 5.41) is 0. The van der Waals surface area contributed by atoms with E-state index in [-0.39, 0.29) is 23.5 Å². The van der Waals surface area contributed by atoms with E-state index < -0.39 is 24.5 Å². The number of methoxy groups -OCH3 is 2. The molecule has 0 atom stereocenters. The number of ether oxygens (including phenoxy) is 4. The number of aryl methyl sites for hydroxylation is 1. The first-order chi connectivity index (χ1) is 14.7. The largest absolute Gasteiger partial charge is 0.465 e. The van der Waals surface area contributed by atoms with Crippen molar-refractivity contribution in [1.82, 2.24) is 4.57 Å². The molecule has 0 saturated heterocycles. The molecule has 0 amide bonds. The van der Waals surface area contributed by atoms with Gasteiger partial charge in [-0.15, -0.1) is 0 Å². The van der Waals surface area contributed by atoms with Crippen molar-refractivity contribution in [2.45, 2.75) is 20.8 Å². The number of rotatable bonds is 9. The van der Waals surface area contributed by atoms with Gasteiger partial charge in [0.05, 0.1) is 25.3 Å². The zero-order chi connectivity index (χ0) is 23.1. The summed E-state index contributed by atoms with van der Waals surface area (Å²) in [7, 11) is 2.48. The molecule has 31 heavy (non-hydrogen) atoms. The van der Waals surface area contributed by atoms with E-state index in [0.29, 0.717) is 29.2 Å². The number of Topliss-reactive ketones (excluding diaryl/α,β-unsaturated/α-hetero) is 1. The summed E-state index contributed by atoms with van der Waals surface area (Å²) in [6.07, 6.45) is 0. The van der Waals surface area contributed by atoms with Crippen LogP contribution in [-0.2, 0) is 23.7 Å². The minimum absolute atomic E-state index is 0.158.